The lowest BCUT2D eigenvalue weighted by molar-refractivity contribution is 1.41. The Hall–Kier alpha value is -3.02. The highest BCUT2D eigenvalue weighted by Crippen LogP contribution is 2.26. The minimum absolute atomic E-state index is 1.14. The number of hydrogen-bond acceptors (Lipinski definition) is 2. The fourth-order valence-corrected chi connectivity index (χ4v) is 2.80. The van der Waals surface area contributed by atoms with Gasteiger partial charge in [0, 0.05) is 15.9 Å². The molecule has 122 valence electrons. The largest absolute Gasteiger partial charge is 0.193 e. The van der Waals surface area contributed by atoms with Gasteiger partial charge in [-0.1, -0.05) is 96.7 Å². The normalized spacial score (nSPS) is 10.2. The summed E-state index contributed by atoms with van der Waals surface area (Å²) in [6.45, 7) is 0. The van der Waals surface area contributed by atoms with Gasteiger partial charge in [0.15, 0.2) is 0 Å². The molecule has 0 aromatic heterocycles. The predicted molar refractivity (Wildman–Crippen MR) is 107 cm³/mol. The van der Waals surface area contributed by atoms with Crippen molar-refractivity contribution in [2.75, 3.05) is 0 Å². The SMILES string of the molecule is N#CC=CC=Cc1ccccc1.c1ccc(Sc2ccccc2)cc1. The zero-order valence-electron chi connectivity index (χ0n) is 13.8. The van der Waals surface area contributed by atoms with Crippen molar-refractivity contribution in [3.8, 4) is 6.07 Å². The van der Waals surface area contributed by atoms with Gasteiger partial charge in [0.25, 0.3) is 0 Å². The van der Waals surface area contributed by atoms with Crippen LogP contribution in [0.4, 0.5) is 0 Å². The number of nitrogens with zero attached hydrogens (tertiary/aromatic N) is 1. The minimum Gasteiger partial charge on any atom is -0.193 e. The summed E-state index contributed by atoms with van der Waals surface area (Å²) in [7, 11) is 0. The van der Waals surface area contributed by atoms with Crippen LogP contribution in [0.2, 0.25) is 0 Å². The Morgan fingerprint density at radius 2 is 1.12 bits per heavy atom. The van der Waals surface area contributed by atoms with E-state index in [2.05, 4.69) is 48.5 Å². The van der Waals surface area contributed by atoms with Crippen molar-refractivity contribution in [2.45, 2.75) is 9.79 Å². The van der Waals surface area contributed by atoms with Gasteiger partial charge < -0.3 is 0 Å². The van der Waals surface area contributed by atoms with Gasteiger partial charge in [0.2, 0.25) is 0 Å². The van der Waals surface area contributed by atoms with Crippen molar-refractivity contribution in [2.24, 2.45) is 0 Å². The summed E-state index contributed by atoms with van der Waals surface area (Å²) in [4.78, 5) is 2.57. The average molecular weight is 341 g/mol. The van der Waals surface area contributed by atoms with Crippen LogP contribution in [0.1, 0.15) is 5.56 Å². The highest BCUT2D eigenvalue weighted by Gasteiger charge is 1.93. The van der Waals surface area contributed by atoms with E-state index < -0.39 is 0 Å². The summed E-state index contributed by atoms with van der Waals surface area (Å²) < 4.78 is 0. The van der Waals surface area contributed by atoms with Gasteiger partial charge in [0.05, 0.1) is 6.07 Å². The van der Waals surface area contributed by atoms with Crippen molar-refractivity contribution in [1.29, 1.82) is 5.26 Å². The molecule has 3 aromatic rings. The van der Waals surface area contributed by atoms with E-state index in [0.717, 1.165) is 5.56 Å². The molecule has 0 aliphatic carbocycles. The molecule has 0 atom stereocenters. The van der Waals surface area contributed by atoms with Gasteiger partial charge in [-0.05, 0) is 29.8 Å². The average Bonchev–Trinajstić information content (AvgIpc) is 2.68. The Labute approximate surface area is 154 Å². The van der Waals surface area contributed by atoms with Gasteiger partial charge >= 0.3 is 0 Å². The van der Waals surface area contributed by atoms with Gasteiger partial charge in [-0.15, -0.1) is 0 Å². The Balaban J connectivity index is 0.000000181. The van der Waals surface area contributed by atoms with E-state index in [9.17, 15) is 0 Å². The second-order valence-corrected chi connectivity index (χ2v) is 6.13. The molecule has 3 rings (SSSR count). The van der Waals surface area contributed by atoms with Gasteiger partial charge in [0.1, 0.15) is 0 Å². The van der Waals surface area contributed by atoms with E-state index >= 15 is 0 Å². The maximum absolute atomic E-state index is 8.19. The van der Waals surface area contributed by atoms with E-state index in [1.54, 1.807) is 17.8 Å². The Morgan fingerprint density at radius 3 is 1.60 bits per heavy atom. The molecule has 0 unspecified atom stereocenters. The molecule has 0 radical (unpaired) electrons. The fourth-order valence-electron chi connectivity index (χ4n) is 1.94. The predicted octanol–water partition coefficient (Wildman–Crippen LogP) is 6.62. The monoisotopic (exact) mass is 341 g/mol. The van der Waals surface area contributed by atoms with E-state index in [1.807, 2.05) is 60.7 Å². The highest BCUT2D eigenvalue weighted by atomic mass is 32.2. The molecule has 0 amide bonds. The van der Waals surface area contributed by atoms with Crippen LogP contribution in [0.25, 0.3) is 6.08 Å². The van der Waals surface area contributed by atoms with Crippen LogP contribution >= 0.6 is 11.8 Å². The first-order chi connectivity index (χ1) is 12.4. The molecule has 0 saturated carbocycles. The zero-order valence-corrected chi connectivity index (χ0v) is 14.6. The van der Waals surface area contributed by atoms with Crippen molar-refractivity contribution in [1.82, 2.24) is 0 Å². The van der Waals surface area contributed by atoms with E-state index in [0.29, 0.717) is 0 Å². The van der Waals surface area contributed by atoms with Gasteiger partial charge in [-0.3, -0.25) is 0 Å². The first-order valence-electron chi connectivity index (χ1n) is 7.94. The summed E-state index contributed by atoms with van der Waals surface area (Å²) in [5.74, 6) is 0. The molecule has 1 nitrogen and oxygen atoms in total. The molecular weight excluding hydrogens is 322 g/mol. The third-order valence-electron chi connectivity index (χ3n) is 3.09. The van der Waals surface area contributed by atoms with Crippen LogP contribution < -0.4 is 0 Å². The van der Waals surface area contributed by atoms with E-state index in [4.69, 9.17) is 5.26 Å². The van der Waals surface area contributed by atoms with Gasteiger partial charge in [-0.2, -0.15) is 5.26 Å². The van der Waals surface area contributed by atoms with Crippen LogP contribution in [0.3, 0.4) is 0 Å². The summed E-state index contributed by atoms with van der Waals surface area (Å²) in [5, 5.41) is 8.19. The number of hydrogen-bond donors (Lipinski definition) is 0. The number of nitriles is 1. The third-order valence-corrected chi connectivity index (χ3v) is 4.11. The number of allylic oxidation sites excluding steroid dienone is 3. The van der Waals surface area contributed by atoms with Crippen LogP contribution in [-0.2, 0) is 0 Å². The topological polar surface area (TPSA) is 23.8 Å². The minimum atomic E-state index is 1.14. The van der Waals surface area contributed by atoms with Gasteiger partial charge in [-0.25, -0.2) is 0 Å². The molecule has 0 aliphatic heterocycles. The lowest BCUT2D eigenvalue weighted by atomic mass is 10.2. The second kappa shape index (κ2) is 11.5. The van der Waals surface area contributed by atoms with E-state index in [-0.39, 0.29) is 0 Å². The summed E-state index contributed by atoms with van der Waals surface area (Å²) in [6, 6.07) is 32.7. The van der Waals surface area contributed by atoms with Crippen LogP contribution in [-0.4, -0.2) is 0 Å². The smallest absolute Gasteiger partial charge is 0.0912 e. The van der Waals surface area contributed by atoms with Crippen molar-refractivity contribution >= 4 is 17.8 Å². The molecule has 0 bridgehead atoms. The Morgan fingerprint density at radius 1 is 0.640 bits per heavy atom. The molecule has 0 aliphatic rings. The lowest BCUT2D eigenvalue weighted by Gasteiger charge is -1.99. The molecule has 0 N–H and O–H groups in total. The maximum Gasteiger partial charge on any atom is 0.0912 e. The highest BCUT2D eigenvalue weighted by molar-refractivity contribution is 7.99. The fraction of sp³-hybridized carbons (Fsp3) is 0. The number of rotatable bonds is 4. The standard InChI is InChI=1S/C12H10S.C11H9N/c1-3-7-11(8-4-1)13-12-9-5-2-6-10-12;12-10-6-2-5-9-11-7-3-1-4-8-11/h1-10H;1-9H. The van der Waals surface area contributed by atoms with Crippen LogP contribution in [0.5, 0.6) is 0 Å². The van der Waals surface area contributed by atoms with Crippen molar-refractivity contribution in [3.63, 3.8) is 0 Å². The zero-order chi connectivity index (χ0) is 17.6. The first-order valence-corrected chi connectivity index (χ1v) is 8.76. The second-order valence-electron chi connectivity index (χ2n) is 4.99. The third kappa shape index (κ3) is 7.87. The molecule has 25 heavy (non-hydrogen) atoms. The van der Waals surface area contributed by atoms with Crippen LogP contribution in [0.15, 0.2) is 119 Å². The molecule has 2 heteroatoms. The first kappa shape index (κ1) is 18.3. The summed E-state index contributed by atoms with van der Waals surface area (Å²) >= 11 is 1.79. The molecular formula is C23H19NS. The molecule has 3 aromatic carbocycles. The van der Waals surface area contributed by atoms with Crippen molar-refractivity contribution in [3.05, 3.63) is 115 Å². The molecule has 0 spiro atoms. The number of benzene rings is 3. The summed E-state index contributed by atoms with van der Waals surface area (Å²) in [5.41, 5.74) is 1.14. The molecule has 0 saturated heterocycles. The summed E-state index contributed by atoms with van der Waals surface area (Å²) in [6.07, 6.45) is 6.96. The molecule has 0 heterocycles. The maximum atomic E-state index is 8.19. The Bertz CT molecular complexity index is 779. The van der Waals surface area contributed by atoms with Crippen LogP contribution in [0, 0.1) is 11.3 Å². The quantitative estimate of drug-likeness (QED) is 0.393. The van der Waals surface area contributed by atoms with Crippen molar-refractivity contribution < 1.29 is 0 Å². The lowest BCUT2D eigenvalue weighted by Crippen LogP contribution is -1.70. The Kier molecular flexibility index (Phi) is 8.43. The van der Waals surface area contributed by atoms with E-state index in [1.165, 1.54) is 15.9 Å². The molecule has 0 fully saturated rings.